The average molecular weight is 280 g/mol. The van der Waals surface area contributed by atoms with Gasteiger partial charge in [-0.05, 0) is 18.9 Å². The van der Waals surface area contributed by atoms with Gasteiger partial charge in [0.1, 0.15) is 6.54 Å². The van der Waals surface area contributed by atoms with Crippen LogP contribution in [0.3, 0.4) is 0 Å². The third kappa shape index (κ3) is 3.78. The topological polar surface area (TPSA) is 101 Å². The van der Waals surface area contributed by atoms with Crippen molar-refractivity contribution in [3.63, 3.8) is 0 Å². The summed E-state index contributed by atoms with van der Waals surface area (Å²) in [6, 6.07) is 3.98. The van der Waals surface area contributed by atoms with E-state index in [1.807, 2.05) is 6.92 Å². The van der Waals surface area contributed by atoms with Gasteiger partial charge in [0.2, 0.25) is 0 Å². The van der Waals surface area contributed by atoms with E-state index in [9.17, 15) is 19.7 Å². The minimum atomic E-state index is -1.12. The Balaban J connectivity index is 3.13. The van der Waals surface area contributed by atoms with E-state index in [4.69, 9.17) is 5.11 Å². The molecule has 0 saturated carbocycles. The van der Waals surface area contributed by atoms with E-state index in [2.05, 4.69) is 0 Å². The Kier molecular flexibility index (Phi) is 5.19. The Morgan fingerprint density at radius 1 is 1.40 bits per heavy atom. The highest BCUT2D eigenvalue weighted by atomic mass is 16.6. The SMILES string of the molecule is CCCN(CC(=O)O)C(=O)c1cc([N+](=O)[O-])ccc1C. The van der Waals surface area contributed by atoms with Gasteiger partial charge in [-0.2, -0.15) is 0 Å². The molecule has 1 aromatic carbocycles. The van der Waals surface area contributed by atoms with Crippen LogP contribution in [-0.4, -0.2) is 39.9 Å². The molecular weight excluding hydrogens is 264 g/mol. The summed E-state index contributed by atoms with van der Waals surface area (Å²) in [6.45, 7) is 3.34. The summed E-state index contributed by atoms with van der Waals surface area (Å²) in [7, 11) is 0. The molecule has 0 fully saturated rings. The number of non-ortho nitro benzene ring substituents is 1. The molecule has 0 aliphatic heterocycles. The number of amides is 1. The van der Waals surface area contributed by atoms with Crippen LogP contribution < -0.4 is 0 Å². The molecule has 1 rings (SSSR count). The first kappa shape index (κ1) is 15.6. The number of benzene rings is 1. The van der Waals surface area contributed by atoms with Crippen LogP contribution in [0.5, 0.6) is 0 Å². The van der Waals surface area contributed by atoms with Gasteiger partial charge >= 0.3 is 5.97 Å². The predicted octanol–water partition coefficient (Wildman–Crippen LogP) is 1.84. The number of nitrogens with zero attached hydrogens (tertiary/aromatic N) is 2. The second kappa shape index (κ2) is 6.65. The minimum Gasteiger partial charge on any atom is -0.480 e. The lowest BCUT2D eigenvalue weighted by atomic mass is 10.1. The molecule has 0 heterocycles. The predicted molar refractivity (Wildman–Crippen MR) is 71.7 cm³/mol. The first-order valence-electron chi connectivity index (χ1n) is 6.13. The molecule has 0 aromatic heterocycles. The van der Waals surface area contributed by atoms with E-state index >= 15 is 0 Å². The third-order valence-corrected chi connectivity index (χ3v) is 2.77. The number of carbonyl (C=O) groups excluding carboxylic acids is 1. The molecule has 7 nitrogen and oxygen atoms in total. The van der Waals surface area contributed by atoms with Gasteiger partial charge in [0, 0.05) is 24.2 Å². The van der Waals surface area contributed by atoms with Gasteiger partial charge in [-0.3, -0.25) is 19.7 Å². The fourth-order valence-corrected chi connectivity index (χ4v) is 1.81. The van der Waals surface area contributed by atoms with Crippen LogP contribution in [0, 0.1) is 17.0 Å². The second-order valence-corrected chi connectivity index (χ2v) is 4.38. The molecule has 0 atom stereocenters. The lowest BCUT2D eigenvalue weighted by Gasteiger charge is -2.20. The lowest BCUT2D eigenvalue weighted by Crippen LogP contribution is -2.36. The van der Waals surface area contributed by atoms with Crippen LogP contribution in [0.1, 0.15) is 29.3 Å². The summed E-state index contributed by atoms with van der Waals surface area (Å²) in [6.07, 6.45) is 0.604. The van der Waals surface area contributed by atoms with E-state index in [1.165, 1.54) is 23.1 Å². The van der Waals surface area contributed by atoms with Gasteiger partial charge < -0.3 is 10.0 Å². The Hall–Kier alpha value is -2.44. The maximum absolute atomic E-state index is 12.3. The average Bonchev–Trinajstić information content (AvgIpc) is 2.37. The van der Waals surface area contributed by atoms with E-state index in [-0.39, 0.29) is 17.8 Å². The quantitative estimate of drug-likeness (QED) is 0.633. The Bertz CT molecular complexity index is 542. The molecule has 1 amide bonds. The number of carboxylic acid groups (broad SMARTS) is 1. The van der Waals surface area contributed by atoms with Gasteiger partial charge in [-0.25, -0.2) is 0 Å². The molecule has 0 saturated heterocycles. The summed E-state index contributed by atoms with van der Waals surface area (Å²) in [5.41, 5.74) is 0.548. The van der Waals surface area contributed by atoms with E-state index in [1.54, 1.807) is 6.92 Å². The zero-order chi connectivity index (χ0) is 15.3. The normalized spacial score (nSPS) is 10.1. The molecule has 0 aliphatic rings. The van der Waals surface area contributed by atoms with Crippen LogP contribution in [-0.2, 0) is 4.79 Å². The summed E-state index contributed by atoms with van der Waals surface area (Å²) in [4.78, 5) is 34.4. The van der Waals surface area contributed by atoms with E-state index < -0.39 is 23.3 Å². The number of aryl methyl sites for hydroxylation is 1. The van der Waals surface area contributed by atoms with E-state index in [0.717, 1.165) is 0 Å². The summed E-state index contributed by atoms with van der Waals surface area (Å²) < 4.78 is 0. The Labute approximate surface area is 116 Å². The van der Waals surface area contributed by atoms with Gasteiger partial charge in [-0.1, -0.05) is 13.0 Å². The van der Waals surface area contributed by atoms with Crippen LogP contribution in [0.15, 0.2) is 18.2 Å². The number of carbonyl (C=O) groups is 2. The first-order chi connectivity index (χ1) is 9.36. The highest BCUT2D eigenvalue weighted by Gasteiger charge is 2.21. The van der Waals surface area contributed by atoms with Gasteiger partial charge in [-0.15, -0.1) is 0 Å². The van der Waals surface area contributed by atoms with Crippen molar-refractivity contribution in [2.75, 3.05) is 13.1 Å². The number of hydrogen-bond donors (Lipinski definition) is 1. The molecular formula is C13H16N2O5. The van der Waals surface area contributed by atoms with Crippen molar-refractivity contribution in [1.82, 2.24) is 4.90 Å². The molecule has 7 heteroatoms. The van der Waals surface area contributed by atoms with Gasteiger partial charge in [0.25, 0.3) is 11.6 Å². The largest absolute Gasteiger partial charge is 0.480 e. The zero-order valence-electron chi connectivity index (χ0n) is 11.3. The highest BCUT2D eigenvalue weighted by Crippen LogP contribution is 2.19. The fraction of sp³-hybridized carbons (Fsp3) is 0.385. The fourth-order valence-electron chi connectivity index (χ4n) is 1.81. The monoisotopic (exact) mass is 280 g/mol. The van der Waals surface area contributed by atoms with Crippen molar-refractivity contribution in [1.29, 1.82) is 0 Å². The van der Waals surface area contributed by atoms with Crippen molar-refractivity contribution in [2.24, 2.45) is 0 Å². The third-order valence-electron chi connectivity index (χ3n) is 2.77. The molecule has 0 bridgehead atoms. The smallest absolute Gasteiger partial charge is 0.323 e. The zero-order valence-corrected chi connectivity index (χ0v) is 11.3. The first-order valence-corrected chi connectivity index (χ1v) is 6.13. The number of aliphatic carboxylic acids is 1. The molecule has 0 spiro atoms. The van der Waals surface area contributed by atoms with Crippen LogP contribution in [0.2, 0.25) is 0 Å². The molecule has 1 aromatic rings. The van der Waals surface area contributed by atoms with Gasteiger partial charge in [0.15, 0.2) is 0 Å². The number of nitro benzene ring substituents is 1. The highest BCUT2D eigenvalue weighted by molar-refractivity contribution is 5.97. The maximum atomic E-state index is 12.3. The lowest BCUT2D eigenvalue weighted by molar-refractivity contribution is -0.384. The van der Waals surface area contributed by atoms with Crippen molar-refractivity contribution < 1.29 is 19.6 Å². The summed E-state index contributed by atoms with van der Waals surface area (Å²) >= 11 is 0. The maximum Gasteiger partial charge on any atom is 0.323 e. The number of rotatable bonds is 6. The Morgan fingerprint density at radius 2 is 2.05 bits per heavy atom. The number of hydrogen-bond acceptors (Lipinski definition) is 4. The van der Waals surface area contributed by atoms with Crippen LogP contribution in [0.25, 0.3) is 0 Å². The number of nitro groups is 1. The van der Waals surface area contributed by atoms with Crippen LogP contribution >= 0.6 is 0 Å². The van der Waals surface area contributed by atoms with Crippen LogP contribution in [0.4, 0.5) is 5.69 Å². The minimum absolute atomic E-state index is 0.161. The standard InChI is InChI=1S/C13H16N2O5/c1-3-6-14(8-12(16)17)13(18)11-7-10(15(19)20)5-4-9(11)2/h4-5,7H,3,6,8H2,1-2H3,(H,16,17). The van der Waals surface area contributed by atoms with Gasteiger partial charge in [0.05, 0.1) is 4.92 Å². The van der Waals surface area contributed by atoms with Crippen molar-refractivity contribution in [3.05, 3.63) is 39.4 Å². The summed E-state index contributed by atoms with van der Waals surface area (Å²) in [5.74, 6) is -1.62. The molecule has 1 N–H and O–H groups in total. The Morgan fingerprint density at radius 3 is 2.55 bits per heavy atom. The molecule has 0 radical (unpaired) electrons. The van der Waals surface area contributed by atoms with Crippen molar-refractivity contribution >= 4 is 17.6 Å². The molecule has 108 valence electrons. The summed E-state index contributed by atoms with van der Waals surface area (Å²) in [5, 5.41) is 19.6. The van der Waals surface area contributed by atoms with Crippen molar-refractivity contribution in [3.8, 4) is 0 Å². The molecule has 0 aliphatic carbocycles. The van der Waals surface area contributed by atoms with E-state index in [0.29, 0.717) is 12.0 Å². The molecule has 20 heavy (non-hydrogen) atoms. The second-order valence-electron chi connectivity index (χ2n) is 4.38. The molecule has 0 unspecified atom stereocenters. The van der Waals surface area contributed by atoms with Crippen molar-refractivity contribution in [2.45, 2.75) is 20.3 Å². The number of carboxylic acids is 1.